The van der Waals surface area contributed by atoms with Gasteiger partial charge in [-0.2, -0.15) is 0 Å². The Morgan fingerprint density at radius 1 is 1.33 bits per heavy atom. The van der Waals surface area contributed by atoms with Gasteiger partial charge in [0.1, 0.15) is 5.82 Å². The smallest absolute Gasteiger partial charge is 0.251 e. The van der Waals surface area contributed by atoms with Gasteiger partial charge in [0, 0.05) is 12.1 Å². The van der Waals surface area contributed by atoms with Gasteiger partial charge >= 0.3 is 0 Å². The van der Waals surface area contributed by atoms with Gasteiger partial charge in [-0.3, -0.25) is 9.59 Å². The largest absolute Gasteiger partial charge is 0.388 e. The fourth-order valence-electron chi connectivity index (χ4n) is 1.87. The molecule has 0 aliphatic carbocycles. The topological polar surface area (TPSA) is 78.4 Å². The van der Waals surface area contributed by atoms with Gasteiger partial charge in [0.2, 0.25) is 5.91 Å². The highest BCUT2D eigenvalue weighted by Crippen LogP contribution is 2.09. The van der Waals surface area contributed by atoms with E-state index in [1.807, 2.05) is 6.92 Å². The Kier molecular flexibility index (Phi) is 6.30. The molecule has 2 amide bonds. The first-order valence-corrected chi connectivity index (χ1v) is 6.87. The predicted molar refractivity (Wildman–Crippen MR) is 77.3 cm³/mol. The number of nitrogens with one attached hydrogen (secondary N) is 2. The van der Waals surface area contributed by atoms with Crippen LogP contribution in [0.3, 0.4) is 0 Å². The Bertz CT molecular complexity index is 503. The first kappa shape index (κ1) is 17.1. The van der Waals surface area contributed by atoms with E-state index in [-0.39, 0.29) is 18.7 Å². The van der Waals surface area contributed by atoms with E-state index in [0.29, 0.717) is 6.42 Å². The maximum absolute atomic E-state index is 13.0. The van der Waals surface area contributed by atoms with Crippen LogP contribution in [0.2, 0.25) is 0 Å². The van der Waals surface area contributed by atoms with Crippen molar-refractivity contribution in [3.05, 3.63) is 35.6 Å². The number of hydrogen-bond acceptors (Lipinski definition) is 3. The molecule has 5 nitrogen and oxygen atoms in total. The summed E-state index contributed by atoms with van der Waals surface area (Å²) >= 11 is 0. The maximum atomic E-state index is 13.0. The second kappa shape index (κ2) is 7.73. The minimum Gasteiger partial charge on any atom is -0.388 e. The number of benzene rings is 1. The van der Waals surface area contributed by atoms with Crippen LogP contribution in [0.1, 0.15) is 37.0 Å². The van der Waals surface area contributed by atoms with Crippen LogP contribution >= 0.6 is 0 Å². The zero-order valence-corrected chi connectivity index (χ0v) is 12.3. The number of hydrogen-bond donors (Lipinski definition) is 3. The van der Waals surface area contributed by atoms with Crippen LogP contribution < -0.4 is 10.6 Å². The lowest BCUT2D eigenvalue weighted by atomic mass is 10.0. The van der Waals surface area contributed by atoms with Crippen LogP contribution in [0.5, 0.6) is 0 Å². The fourth-order valence-corrected chi connectivity index (χ4v) is 1.87. The van der Waals surface area contributed by atoms with Gasteiger partial charge in [0.25, 0.3) is 5.91 Å². The van der Waals surface area contributed by atoms with Crippen molar-refractivity contribution in [2.24, 2.45) is 0 Å². The molecule has 0 radical (unpaired) electrons. The molecule has 3 N–H and O–H groups in total. The molecule has 0 aliphatic heterocycles. The van der Waals surface area contributed by atoms with Crippen molar-refractivity contribution in [2.45, 2.75) is 32.3 Å². The summed E-state index contributed by atoms with van der Waals surface area (Å²) in [5.74, 6) is -1.44. The van der Waals surface area contributed by atoms with Gasteiger partial charge in [-0.15, -0.1) is 0 Å². The zero-order valence-electron chi connectivity index (χ0n) is 12.3. The van der Waals surface area contributed by atoms with Gasteiger partial charge in [-0.05, 0) is 31.5 Å². The highest BCUT2D eigenvalue weighted by Gasteiger charge is 2.19. The summed E-state index contributed by atoms with van der Waals surface area (Å²) < 4.78 is 13.0. The molecule has 6 heteroatoms. The minimum atomic E-state index is -0.961. The quantitative estimate of drug-likeness (QED) is 0.708. The second-order valence-corrected chi connectivity index (χ2v) is 5.22. The number of halogens is 1. The highest BCUT2D eigenvalue weighted by atomic mass is 19.1. The Hall–Kier alpha value is -1.95. The van der Waals surface area contributed by atoms with Crippen molar-refractivity contribution in [1.29, 1.82) is 0 Å². The average molecular weight is 296 g/mol. The number of carbonyl (C=O) groups is 2. The monoisotopic (exact) mass is 296 g/mol. The number of aliphatic hydroxyl groups is 1. The molecule has 116 valence electrons. The van der Waals surface area contributed by atoms with E-state index < -0.39 is 23.2 Å². The van der Waals surface area contributed by atoms with Crippen LogP contribution in [0, 0.1) is 5.82 Å². The lowest BCUT2D eigenvalue weighted by molar-refractivity contribution is -0.121. The van der Waals surface area contributed by atoms with Gasteiger partial charge < -0.3 is 15.7 Å². The zero-order chi connectivity index (χ0) is 15.9. The van der Waals surface area contributed by atoms with Gasteiger partial charge in [-0.25, -0.2) is 4.39 Å². The molecule has 1 rings (SSSR count). The molecule has 21 heavy (non-hydrogen) atoms. The lowest BCUT2D eigenvalue weighted by Gasteiger charge is -2.22. The summed E-state index contributed by atoms with van der Waals surface area (Å²) in [6.07, 6.45) is 1.38. The molecule has 0 aromatic heterocycles. The third-order valence-corrected chi connectivity index (χ3v) is 2.95. The molecule has 1 aromatic carbocycles. The van der Waals surface area contributed by atoms with E-state index in [1.54, 1.807) is 6.92 Å². The number of rotatable bonds is 7. The van der Waals surface area contributed by atoms with Crippen molar-refractivity contribution in [3.8, 4) is 0 Å². The molecule has 0 bridgehead atoms. The summed E-state index contributed by atoms with van der Waals surface area (Å²) in [5.41, 5.74) is -0.808. The molecule has 0 fully saturated rings. The van der Waals surface area contributed by atoms with Gasteiger partial charge in [0.15, 0.2) is 0 Å². The van der Waals surface area contributed by atoms with E-state index in [4.69, 9.17) is 0 Å². The van der Waals surface area contributed by atoms with Crippen molar-refractivity contribution in [2.75, 3.05) is 13.1 Å². The molecule has 0 saturated heterocycles. The van der Waals surface area contributed by atoms with E-state index in [9.17, 15) is 19.1 Å². The molecule has 0 saturated carbocycles. The fraction of sp³-hybridized carbons (Fsp3) is 0.467. The third kappa shape index (κ3) is 6.35. The Morgan fingerprint density at radius 3 is 2.67 bits per heavy atom. The SMILES string of the molecule is CCCC(C)(O)CNC(=O)CNC(=O)c1cccc(F)c1. The molecule has 1 unspecified atom stereocenters. The first-order valence-electron chi connectivity index (χ1n) is 6.87. The van der Waals surface area contributed by atoms with Crippen molar-refractivity contribution < 1.29 is 19.1 Å². The van der Waals surface area contributed by atoms with Crippen LogP contribution in [0.4, 0.5) is 4.39 Å². The van der Waals surface area contributed by atoms with E-state index >= 15 is 0 Å². The molecular weight excluding hydrogens is 275 g/mol. The highest BCUT2D eigenvalue weighted by molar-refractivity contribution is 5.96. The summed E-state index contributed by atoms with van der Waals surface area (Å²) in [6.45, 7) is 3.48. The minimum absolute atomic E-state index is 0.121. The molecule has 0 aliphatic rings. The van der Waals surface area contributed by atoms with Crippen molar-refractivity contribution in [3.63, 3.8) is 0 Å². The Morgan fingerprint density at radius 2 is 2.05 bits per heavy atom. The van der Waals surface area contributed by atoms with Crippen molar-refractivity contribution >= 4 is 11.8 Å². The summed E-state index contributed by atoms with van der Waals surface area (Å²) in [4.78, 5) is 23.3. The summed E-state index contributed by atoms with van der Waals surface area (Å²) in [6, 6.07) is 5.22. The van der Waals surface area contributed by atoms with E-state index in [0.717, 1.165) is 12.5 Å². The Balaban J connectivity index is 2.38. The second-order valence-electron chi connectivity index (χ2n) is 5.22. The number of amides is 2. The maximum Gasteiger partial charge on any atom is 0.251 e. The van der Waals surface area contributed by atoms with Crippen LogP contribution in [-0.4, -0.2) is 35.6 Å². The van der Waals surface area contributed by atoms with Gasteiger partial charge in [0.05, 0.1) is 12.1 Å². The average Bonchev–Trinajstić information content (AvgIpc) is 2.42. The first-order chi connectivity index (χ1) is 9.84. The standard InChI is InChI=1S/C15H21FN2O3/c1-3-7-15(2,21)10-18-13(19)9-17-14(20)11-5-4-6-12(16)8-11/h4-6,8,21H,3,7,9-10H2,1-2H3,(H,17,20)(H,18,19). The molecular formula is C15H21FN2O3. The lowest BCUT2D eigenvalue weighted by Crippen LogP contribution is -2.44. The van der Waals surface area contributed by atoms with Crippen LogP contribution in [-0.2, 0) is 4.79 Å². The van der Waals surface area contributed by atoms with Gasteiger partial charge in [-0.1, -0.05) is 19.4 Å². The Labute approximate surface area is 123 Å². The third-order valence-electron chi connectivity index (χ3n) is 2.95. The summed E-state index contributed by atoms with van der Waals surface area (Å²) in [5, 5.41) is 14.8. The number of carbonyl (C=O) groups excluding carboxylic acids is 2. The molecule has 1 atom stereocenters. The van der Waals surface area contributed by atoms with Crippen LogP contribution in [0.25, 0.3) is 0 Å². The van der Waals surface area contributed by atoms with Crippen LogP contribution in [0.15, 0.2) is 24.3 Å². The van der Waals surface area contributed by atoms with Crippen molar-refractivity contribution in [1.82, 2.24) is 10.6 Å². The predicted octanol–water partition coefficient (Wildman–Crippen LogP) is 1.22. The van der Waals surface area contributed by atoms with E-state index in [2.05, 4.69) is 10.6 Å². The molecule has 1 aromatic rings. The summed E-state index contributed by atoms with van der Waals surface area (Å²) in [7, 11) is 0. The molecule has 0 heterocycles. The van der Waals surface area contributed by atoms with E-state index in [1.165, 1.54) is 18.2 Å². The normalized spacial score (nSPS) is 13.3. The molecule has 0 spiro atoms.